The summed E-state index contributed by atoms with van der Waals surface area (Å²) in [6, 6.07) is 13.8. The summed E-state index contributed by atoms with van der Waals surface area (Å²) in [7, 11) is -3.51. The van der Waals surface area contributed by atoms with Crippen LogP contribution >= 0.6 is 11.6 Å². The van der Waals surface area contributed by atoms with Crippen molar-refractivity contribution in [3.8, 4) is 0 Å². The van der Waals surface area contributed by atoms with E-state index in [1.807, 2.05) is 31.2 Å². The second-order valence-corrected chi connectivity index (χ2v) is 7.78. The van der Waals surface area contributed by atoms with Gasteiger partial charge in [0.15, 0.2) is 9.84 Å². The van der Waals surface area contributed by atoms with Crippen LogP contribution < -0.4 is 5.32 Å². The fourth-order valence-electron chi connectivity index (χ4n) is 2.10. The molecule has 0 aliphatic heterocycles. The molecule has 2 rings (SSSR count). The summed E-state index contributed by atoms with van der Waals surface area (Å²) in [5.41, 5.74) is 2.10. The van der Waals surface area contributed by atoms with E-state index in [-0.39, 0.29) is 23.0 Å². The first-order valence-corrected chi connectivity index (χ1v) is 9.21. The fraction of sp³-hybridized carbons (Fsp3) is 0.235. The van der Waals surface area contributed by atoms with Gasteiger partial charge in [-0.3, -0.25) is 4.79 Å². The third-order valence-corrected chi connectivity index (χ3v) is 5.44. The minimum Gasteiger partial charge on any atom is -0.352 e. The molecule has 1 amide bonds. The monoisotopic (exact) mass is 351 g/mol. The number of amides is 1. The summed E-state index contributed by atoms with van der Waals surface area (Å²) in [4.78, 5) is 12.0. The van der Waals surface area contributed by atoms with E-state index in [9.17, 15) is 13.2 Å². The first kappa shape index (κ1) is 17.5. The van der Waals surface area contributed by atoms with Gasteiger partial charge in [0.2, 0.25) is 5.91 Å². The molecule has 0 atom stereocenters. The molecule has 0 radical (unpaired) electrons. The summed E-state index contributed by atoms with van der Waals surface area (Å²) in [6.07, 6.45) is -0.0826. The van der Waals surface area contributed by atoms with Crippen LogP contribution in [0.15, 0.2) is 53.4 Å². The predicted octanol–water partition coefficient (Wildman–Crippen LogP) is 3.13. The molecule has 4 nitrogen and oxygen atoms in total. The zero-order valence-corrected chi connectivity index (χ0v) is 14.3. The molecule has 0 saturated carbocycles. The third-order valence-electron chi connectivity index (χ3n) is 3.49. The zero-order chi connectivity index (χ0) is 16.9. The van der Waals surface area contributed by atoms with Crippen LogP contribution in [-0.2, 0) is 21.2 Å². The standard InChI is InChI=1S/C17H18ClNO3S/c1-13-5-2-3-6-14(13)12-19-17(20)9-10-23(21,22)16-8-4-7-15(18)11-16/h2-8,11H,9-10,12H2,1H3,(H,19,20). The maximum Gasteiger partial charge on any atom is 0.221 e. The minimum absolute atomic E-state index is 0.0826. The topological polar surface area (TPSA) is 63.2 Å². The lowest BCUT2D eigenvalue weighted by molar-refractivity contribution is -0.120. The van der Waals surface area contributed by atoms with Gasteiger partial charge in [-0.2, -0.15) is 0 Å². The van der Waals surface area contributed by atoms with Crippen molar-refractivity contribution in [2.24, 2.45) is 0 Å². The molecule has 1 N–H and O–H groups in total. The highest BCUT2D eigenvalue weighted by Crippen LogP contribution is 2.17. The third kappa shape index (κ3) is 5.08. The van der Waals surface area contributed by atoms with Gasteiger partial charge in [0, 0.05) is 18.0 Å². The molecular formula is C17H18ClNO3S. The van der Waals surface area contributed by atoms with E-state index in [4.69, 9.17) is 11.6 Å². The summed E-state index contributed by atoms with van der Waals surface area (Å²) in [6.45, 7) is 2.35. The highest BCUT2D eigenvalue weighted by Gasteiger charge is 2.16. The molecule has 0 bridgehead atoms. The van der Waals surface area contributed by atoms with Crippen LogP contribution in [0.2, 0.25) is 5.02 Å². The Morgan fingerprint density at radius 1 is 1.13 bits per heavy atom. The predicted molar refractivity (Wildman–Crippen MR) is 91.1 cm³/mol. The number of hydrogen-bond acceptors (Lipinski definition) is 3. The van der Waals surface area contributed by atoms with Gasteiger partial charge in [0.25, 0.3) is 0 Å². The smallest absolute Gasteiger partial charge is 0.221 e. The molecule has 2 aromatic rings. The lowest BCUT2D eigenvalue weighted by Gasteiger charge is -2.08. The van der Waals surface area contributed by atoms with E-state index in [1.54, 1.807) is 12.1 Å². The highest BCUT2D eigenvalue weighted by molar-refractivity contribution is 7.91. The van der Waals surface area contributed by atoms with Crippen molar-refractivity contribution in [3.63, 3.8) is 0 Å². The summed E-state index contributed by atoms with van der Waals surface area (Å²) in [5, 5.41) is 3.10. The van der Waals surface area contributed by atoms with Crippen LogP contribution in [0.1, 0.15) is 17.5 Å². The average Bonchev–Trinajstić information content (AvgIpc) is 2.52. The zero-order valence-electron chi connectivity index (χ0n) is 12.8. The van der Waals surface area contributed by atoms with E-state index < -0.39 is 9.84 Å². The quantitative estimate of drug-likeness (QED) is 0.869. The number of sulfone groups is 1. The number of aryl methyl sites for hydroxylation is 1. The summed E-state index contributed by atoms with van der Waals surface area (Å²) >= 11 is 5.80. The Morgan fingerprint density at radius 2 is 1.87 bits per heavy atom. The number of benzene rings is 2. The first-order valence-electron chi connectivity index (χ1n) is 7.18. The van der Waals surface area contributed by atoms with Crippen LogP contribution in [-0.4, -0.2) is 20.1 Å². The van der Waals surface area contributed by atoms with Crippen LogP contribution in [0.4, 0.5) is 0 Å². The molecule has 0 heterocycles. The van der Waals surface area contributed by atoms with Gasteiger partial charge in [-0.1, -0.05) is 41.9 Å². The molecule has 0 aliphatic carbocycles. The van der Waals surface area contributed by atoms with Crippen molar-refractivity contribution in [2.75, 3.05) is 5.75 Å². The molecule has 6 heteroatoms. The number of rotatable bonds is 6. The molecule has 0 aromatic heterocycles. The highest BCUT2D eigenvalue weighted by atomic mass is 35.5. The van der Waals surface area contributed by atoms with Gasteiger partial charge in [-0.25, -0.2) is 8.42 Å². The van der Waals surface area contributed by atoms with Gasteiger partial charge < -0.3 is 5.32 Å². The van der Waals surface area contributed by atoms with E-state index in [0.29, 0.717) is 11.6 Å². The maximum atomic E-state index is 12.2. The van der Waals surface area contributed by atoms with Crippen molar-refractivity contribution in [1.82, 2.24) is 5.32 Å². The van der Waals surface area contributed by atoms with Gasteiger partial charge in [-0.05, 0) is 36.2 Å². The second kappa shape index (κ2) is 7.62. The number of hydrogen-bond donors (Lipinski definition) is 1. The SMILES string of the molecule is Cc1ccccc1CNC(=O)CCS(=O)(=O)c1cccc(Cl)c1. The van der Waals surface area contributed by atoms with E-state index in [1.165, 1.54) is 12.1 Å². The van der Waals surface area contributed by atoms with Crippen molar-refractivity contribution < 1.29 is 13.2 Å². The Kier molecular flexibility index (Phi) is 5.80. The molecule has 0 spiro atoms. The van der Waals surface area contributed by atoms with Crippen molar-refractivity contribution >= 4 is 27.3 Å². The summed E-state index contributed by atoms with van der Waals surface area (Å²) < 4.78 is 24.4. The Labute approximate surface area is 141 Å². The van der Waals surface area contributed by atoms with E-state index in [2.05, 4.69) is 5.32 Å². The molecule has 0 unspecified atom stereocenters. The Morgan fingerprint density at radius 3 is 2.57 bits per heavy atom. The molecule has 0 aliphatic rings. The van der Waals surface area contributed by atoms with Crippen molar-refractivity contribution in [1.29, 1.82) is 0 Å². The molecule has 0 saturated heterocycles. The Bertz CT molecular complexity index is 803. The van der Waals surface area contributed by atoms with Gasteiger partial charge in [-0.15, -0.1) is 0 Å². The van der Waals surface area contributed by atoms with E-state index >= 15 is 0 Å². The molecular weight excluding hydrogens is 334 g/mol. The van der Waals surface area contributed by atoms with Crippen LogP contribution in [0.5, 0.6) is 0 Å². The van der Waals surface area contributed by atoms with E-state index in [0.717, 1.165) is 11.1 Å². The largest absolute Gasteiger partial charge is 0.352 e. The second-order valence-electron chi connectivity index (χ2n) is 5.23. The van der Waals surface area contributed by atoms with Crippen molar-refractivity contribution in [2.45, 2.75) is 24.8 Å². The summed E-state index contributed by atoms with van der Waals surface area (Å²) in [5.74, 6) is -0.536. The number of carbonyl (C=O) groups excluding carboxylic acids is 1. The van der Waals surface area contributed by atoms with Crippen LogP contribution in [0, 0.1) is 6.92 Å². The average molecular weight is 352 g/mol. The molecule has 122 valence electrons. The van der Waals surface area contributed by atoms with Crippen LogP contribution in [0.25, 0.3) is 0 Å². The Hall–Kier alpha value is -1.85. The first-order chi connectivity index (χ1) is 10.9. The normalized spacial score (nSPS) is 11.2. The Balaban J connectivity index is 1.90. The van der Waals surface area contributed by atoms with Gasteiger partial charge in [0.05, 0.1) is 10.6 Å². The van der Waals surface area contributed by atoms with Crippen LogP contribution in [0.3, 0.4) is 0 Å². The van der Waals surface area contributed by atoms with Gasteiger partial charge in [0.1, 0.15) is 0 Å². The lowest BCUT2D eigenvalue weighted by Crippen LogP contribution is -2.25. The van der Waals surface area contributed by atoms with Gasteiger partial charge >= 0.3 is 0 Å². The van der Waals surface area contributed by atoms with Crippen molar-refractivity contribution in [3.05, 3.63) is 64.7 Å². The lowest BCUT2D eigenvalue weighted by atomic mass is 10.1. The fourth-order valence-corrected chi connectivity index (χ4v) is 3.63. The number of halogens is 1. The molecule has 2 aromatic carbocycles. The minimum atomic E-state index is -3.51. The number of nitrogens with one attached hydrogen (secondary N) is 1. The maximum absolute atomic E-state index is 12.2. The molecule has 23 heavy (non-hydrogen) atoms. The number of carbonyl (C=O) groups is 1. The molecule has 0 fully saturated rings.